The number of aromatic nitrogens is 4. The highest BCUT2D eigenvalue weighted by atomic mass is 32.2. The number of amides is 1. The molecule has 0 aliphatic rings. The van der Waals surface area contributed by atoms with Crippen LogP contribution in [-0.2, 0) is 4.79 Å². The summed E-state index contributed by atoms with van der Waals surface area (Å²) < 4.78 is 15.3. The van der Waals surface area contributed by atoms with Crippen molar-refractivity contribution in [3.05, 3.63) is 58.9 Å². The molecule has 1 heterocycles. The van der Waals surface area contributed by atoms with Crippen molar-refractivity contribution in [2.45, 2.75) is 38.1 Å². The molecule has 1 unspecified atom stereocenters. The quantitative estimate of drug-likeness (QED) is 0.676. The van der Waals surface area contributed by atoms with Gasteiger partial charge in [0.15, 0.2) is 0 Å². The Hall–Kier alpha value is -2.74. The Morgan fingerprint density at radius 1 is 1.11 bits per heavy atom. The van der Waals surface area contributed by atoms with Crippen LogP contribution in [0.15, 0.2) is 41.6 Å². The Labute approximate surface area is 161 Å². The first-order valence-electron chi connectivity index (χ1n) is 8.45. The van der Waals surface area contributed by atoms with Gasteiger partial charge in [-0.2, -0.15) is 4.68 Å². The zero-order valence-corrected chi connectivity index (χ0v) is 16.3. The van der Waals surface area contributed by atoms with E-state index in [2.05, 4.69) is 20.8 Å². The van der Waals surface area contributed by atoms with E-state index < -0.39 is 5.25 Å². The first-order chi connectivity index (χ1) is 12.8. The average Bonchev–Trinajstić information content (AvgIpc) is 3.08. The number of nitrogens with zero attached hydrogens (tertiary/aromatic N) is 4. The maximum atomic E-state index is 13.7. The summed E-state index contributed by atoms with van der Waals surface area (Å²) in [6.07, 6.45) is 0. The number of thioether (sulfide) groups is 1. The molecule has 0 saturated carbocycles. The van der Waals surface area contributed by atoms with Crippen molar-refractivity contribution < 1.29 is 9.18 Å². The van der Waals surface area contributed by atoms with Gasteiger partial charge in [-0.1, -0.05) is 23.9 Å². The number of nitrogens with one attached hydrogen (secondary N) is 1. The molecule has 6 nitrogen and oxygen atoms in total. The number of halogens is 1. The average molecular weight is 385 g/mol. The Morgan fingerprint density at radius 3 is 2.56 bits per heavy atom. The number of benzene rings is 2. The summed E-state index contributed by atoms with van der Waals surface area (Å²) >= 11 is 1.24. The molecule has 140 valence electrons. The van der Waals surface area contributed by atoms with Crippen molar-refractivity contribution in [3.63, 3.8) is 0 Å². The van der Waals surface area contributed by atoms with Gasteiger partial charge >= 0.3 is 0 Å². The number of aryl methyl sites for hydroxylation is 3. The largest absolute Gasteiger partial charge is 0.325 e. The third-order valence-electron chi connectivity index (χ3n) is 4.27. The molecule has 0 radical (unpaired) electrons. The lowest BCUT2D eigenvalue weighted by atomic mass is 10.1. The van der Waals surface area contributed by atoms with Crippen molar-refractivity contribution in [1.82, 2.24) is 20.2 Å². The number of carbonyl (C=O) groups excluding carboxylic acids is 1. The minimum absolute atomic E-state index is 0.252. The highest BCUT2D eigenvalue weighted by molar-refractivity contribution is 8.00. The summed E-state index contributed by atoms with van der Waals surface area (Å²) in [5, 5.41) is 14.5. The molecule has 1 amide bonds. The molecule has 2 aromatic carbocycles. The summed E-state index contributed by atoms with van der Waals surface area (Å²) in [6, 6.07) is 10.5. The minimum atomic E-state index is -0.467. The summed E-state index contributed by atoms with van der Waals surface area (Å²) in [4.78, 5) is 12.4. The molecule has 3 rings (SSSR count). The van der Waals surface area contributed by atoms with Crippen LogP contribution in [0.4, 0.5) is 10.1 Å². The van der Waals surface area contributed by atoms with E-state index in [9.17, 15) is 9.18 Å². The van der Waals surface area contributed by atoms with Gasteiger partial charge in [0.05, 0.1) is 10.9 Å². The summed E-state index contributed by atoms with van der Waals surface area (Å²) in [5.41, 5.74) is 4.09. The molecule has 1 atom stereocenters. The maximum absolute atomic E-state index is 13.7. The van der Waals surface area contributed by atoms with E-state index in [0.717, 1.165) is 11.3 Å². The molecule has 0 bridgehead atoms. The van der Waals surface area contributed by atoms with Crippen molar-refractivity contribution >= 4 is 23.4 Å². The predicted molar refractivity (Wildman–Crippen MR) is 104 cm³/mol. The second kappa shape index (κ2) is 7.87. The zero-order valence-electron chi connectivity index (χ0n) is 15.5. The van der Waals surface area contributed by atoms with E-state index in [-0.39, 0.29) is 11.7 Å². The molecule has 1 N–H and O–H groups in total. The predicted octanol–water partition coefficient (Wildman–Crippen LogP) is 3.85. The molecular weight excluding hydrogens is 365 g/mol. The van der Waals surface area contributed by atoms with Crippen LogP contribution in [-0.4, -0.2) is 31.4 Å². The summed E-state index contributed by atoms with van der Waals surface area (Å²) in [7, 11) is 0. The van der Waals surface area contributed by atoms with E-state index in [1.807, 2.05) is 32.0 Å². The molecule has 1 aromatic heterocycles. The van der Waals surface area contributed by atoms with Gasteiger partial charge in [0.25, 0.3) is 0 Å². The van der Waals surface area contributed by atoms with Gasteiger partial charge in [0.2, 0.25) is 11.1 Å². The third-order valence-corrected chi connectivity index (χ3v) is 5.30. The molecule has 0 fully saturated rings. The summed E-state index contributed by atoms with van der Waals surface area (Å²) in [6.45, 7) is 7.48. The number of anilines is 1. The lowest BCUT2D eigenvalue weighted by Gasteiger charge is -2.12. The van der Waals surface area contributed by atoms with Crippen LogP contribution in [0, 0.1) is 26.6 Å². The molecule has 0 spiro atoms. The van der Waals surface area contributed by atoms with E-state index in [1.54, 1.807) is 30.7 Å². The molecule has 3 aromatic rings. The minimum Gasteiger partial charge on any atom is -0.325 e. The first kappa shape index (κ1) is 19.0. The van der Waals surface area contributed by atoms with Crippen molar-refractivity contribution in [3.8, 4) is 5.69 Å². The molecular formula is C19H20FN5OS. The topological polar surface area (TPSA) is 72.7 Å². The highest BCUT2D eigenvalue weighted by Gasteiger charge is 2.20. The summed E-state index contributed by atoms with van der Waals surface area (Å²) in [5.74, 6) is -0.607. The van der Waals surface area contributed by atoms with Crippen LogP contribution in [0.2, 0.25) is 0 Å². The van der Waals surface area contributed by atoms with Gasteiger partial charge in [0, 0.05) is 5.69 Å². The van der Waals surface area contributed by atoms with Gasteiger partial charge < -0.3 is 5.32 Å². The van der Waals surface area contributed by atoms with E-state index in [0.29, 0.717) is 16.4 Å². The van der Waals surface area contributed by atoms with E-state index in [1.165, 1.54) is 23.4 Å². The Balaban J connectivity index is 1.73. The first-order valence-corrected chi connectivity index (χ1v) is 9.33. The normalized spacial score (nSPS) is 12.0. The monoisotopic (exact) mass is 385 g/mol. The molecule has 27 heavy (non-hydrogen) atoms. The number of rotatable bonds is 5. The van der Waals surface area contributed by atoms with Crippen LogP contribution >= 0.6 is 11.8 Å². The second-order valence-corrected chi connectivity index (χ2v) is 7.66. The third kappa shape index (κ3) is 4.33. The maximum Gasteiger partial charge on any atom is 0.237 e. The smallest absolute Gasteiger partial charge is 0.237 e. The van der Waals surface area contributed by atoms with Crippen LogP contribution in [0.1, 0.15) is 23.6 Å². The fourth-order valence-corrected chi connectivity index (χ4v) is 3.21. The van der Waals surface area contributed by atoms with Gasteiger partial charge in [-0.3, -0.25) is 4.79 Å². The SMILES string of the molecule is Cc1ccc(-n2nnnc2SC(C)C(=O)Nc2ccc(C)c(F)c2)cc1C. The number of tetrazole rings is 1. The van der Waals surface area contributed by atoms with Gasteiger partial charge in [-0.05, 0) is 79.1 Å². The highest BCUT2D eigenvalue weighted by Crippen LogP contribution is 2.25. The number of hydrogen-bond acceptors (Lipinski definition) is 5. The molecule has 0 aliphatic heterocycles. The fourth-order valence-electron chi connectivity index (χ4n) is 2.40. The van der Waals surface area contributed by atoms with Crippen LogP contribution in [0.25, 0.3) is 5.69 Å². The van der Waals surface area contributed by atoms with Gasteiger partial charge in [-0.15, -0.1) is 5.10 Å². The van der Waals surface area contributed by atoms with Gasteiger partial charge in [0.1, 0.15) is 5.82 Å². The Morgan fingerprint density at radius 2 is 1.85 bits per heavy atom. The van der Waals surface area contributed by atoms with Crippen LogP contribution < -0.4 is 5.32 Å². The second-order valence-electron chi connectivity index (χ2n) is 6.36. The van der Waals surface area contributed by atoms with E-state index in [4.69, 9.17) is 0 Å². The van der Waals surface area contributed by atoms with Crippen LogP contribution in [0.5, 0.6) is 0 Å². The zero-order chi connectivity index (χ0) is 19.6. The standard InChI is InChI=1S/C19H20FN5OS/c1-11-6-8-16(9-13(11)3)25-19(22-23-24-25)27-14(4)18(26)21-15-7-5-12(2)17(20)10-15/h5-10,14H,1-4H3,(H,21,26). The lowest BCUT2D eigenvalue weighted by molar-refractivity contribution is -0.115. The van der Waals surface area contributed by atoms with E-state index >= 15 is 0 Å². The Bertz CT molecular complexity index is 988. The number of hydrogen-bond donors (Lipinski definition) is 1. The number of carbonyl (C=O) groups is 1. The lowest BCUT2D eigenvalue weighted by Crippen LogP contribution is -2.23. The van der Waals surface area contributed by atoms with Crippen molar-refractivity contribution in [2.24, 2.45) is 0 Å². The molecule has 8 heteroatoms. The molecule has 0 saturated heterocycles. The molecule has 0 aliphatic carbocycles. The Kier molecular flexibility index (Phi) is 5.55. The van der Waals surface area contributed by atoms with Crippen molar-refractivity contribution in [2.75, 3.05) is 5.32 Å². The van der Waals surface area contributed by atoms with Gasteiger partial charge in [-0.25, -0.2) is 4.39 Å². The van der Waals surface area contributed by atoms with Crippen molar-refractivity contribution in [1.29, 1.82) is 0 Å². The fraction of sp³-hybridized carbons (Fsp3) is 0.263. The van der Waals surface area contributed by atoms with Crippen LogP contribution in [0.3, 0.4) is 0 Å².